The third kappa shape index (κ3) is 3.95. The molecule has 0 bridgehead atoms. The van der Waals surface area contributed by atoms with Crippen molar-refractivity contribution >= 4 is 22.8 Å². The van der Waals surface area contributed by atoms with Gasteiger partial charge in [0.15, 0.2) is 5.65 Å². The molecule has 0 spiro atoms. The first-order valence-electron chi connectivity index (χ1n) is 11.6. The summed E-state index contributed by atoms with van der Waals surface area (Å²) in [6.45, 7) is 9.77. The summed E-state index contributed by atoms with van der Waals surface area (Å²) < 4.78 is 0. The highest BCUT2D eigenvalue weighted by atomic mass is 15.4. The van der Waals surface area contributed by atoms with Crippen LogP contribution in [0, 0.1) is 0 Å². The van der Waals surface area contributed by atoms with Crippen LogP contribution in [-0.4, -0.2) is 57.8 Å². The third-order valence-corrected chi connectivity index (χ3v) is 6.28. The molecule has 4 heterocycles. The predicted octanol–water partition coefficient (Wildman–Crippen LogP) is 3.91. The van der Waals surface area contributed by atoms with Crippen LogP contribution in [0.1, 0.15) is 31.5 Å². The van der Waals surface area contributed by atoms with Crippen molar-refractivity contribution in [2.75, 3.05) is 42.5 Å². The average molecular weight is 430 g/mol. The normalized spacial score (nSPS) is 17.1. The van der Waals surface area contributed by atoms with Crippen LogP contribution in [0.3, 0.4) is 0 Å². The Morgan fingerprint density at radius 3 is 2.62 bits per heavy atom. The van der Waals surface area contributed by atoms with Gasteiger partial charge in [-0.25, -0.2) is 0 Å². The number of nitrogens with one attached hydrogen (secondary N) is 1. The lowest BCUT2D eigenvalue weighted by atomic mass is 10.1. The Morgan fingerprint density at radius 2 is 1.88 bits per heavy atom. The monoisotopic (exact) mass is 429 g/mol. The highest BCUT2D eigenvalue weighted by Gasteiger charge is 2.27. The van der Waals surface area contributed by atoms with Gasteiger partial charge in [0.25, 0.3) is 0 Å². The number of hydrogen-bond acceptors (Lipinski definition) is 6. The van der Waals surface area contributed by atoms with Crippen LogP contribution in [0.25, 0.3) is 11.0 Å². The van der Waals surface area contributed by atoms with Crippen LogP contribution in [0.15, 0.2) is 54.3 Å². The molecule has 2 aliphatic heterocycles. The molecule has 1 saturated heterocycles. The fraction of sp³-hybridized carbons (Fsp3) is 0.400. The fourth-order valence-corrected chi connectivity index (χ4v) is 4.66. The minimum Gasteiger partial charge on any atom is -0.368 e. The SMILES string of the molecule is C/C=C\C(=C/CC)N1CCN(c2nc3c4c([nH]nc4n2)CCN3Cc2ccccc2)CC1. The van der Waals surface area contributed by atoms with Gasteiger partial charge in [0.1, 0.15) is 5.82 Å². The van der Waals surface area contributed by atoms with Gasteiger partial charge in [0.2, 0.25) is 5.95 Å². The number of aromatic nitrogens is 4. The van der Waals surface area contributed by atoms with E-state index in [1.807, 2.05) is 0 Å². The molecule has 0 aliphatic carbocycles. The lowest BCUT2D eigenvalue weighted by molar-refractivity contribution is 0.327. The zero-order valence-electron chi connectivity index (χ0n) is 19.0. The second kappa shape index (κ2) is 9.02. The van der Waals surface area contributed by atoms with Crippen LogP contribution in [0.4, 0.5) is 11.8 Å². The van der Waals surface area contributed by atoms with Gasteiger partial charge in [0, 0.05) is 51.4 Å². The van der Waals surface area contributed by atoms with Crippen LogP contribution in [0.2, 0.25) is 0 Å². The molecule has 1 aromatic carbocycles. The maximum atomic E-state index is 5.08. The Morgan fingerprint density at radius 1 is 1.06 bits per heavy atom. The highest BCUT2D eigenvalue weighted by Crippen LogP contribution is 2.33. The second-order valence-electron chi connectivity index (χ2n) is 8.42. The van der Waals surface area contributed by atoms with Gasteiger partial charge in [-0.3, -0.25) is 5.10 Å². The molecule has 0 unspecified atom stereocenters. The molecule has 3 aromatic rings. The van der Waals surface area contributed by atoms with Crippen LogP contribution in [-0.2, 0) is 13.0 Å². The maximum Gasteiger partial charge on any atom is 0.229 e. The van der Waals surface area contributed by atoms with Gasteiger partial charge >= 0.3 is 0 Å². The summed E-state index contributed by atoms with van der Waals surface area (Å²) in [4.78, 5) is 17.1. The van der Waals surface area contributed by atoms with Crippen LogP contribution < -0.4 is 9.80 Å². The number of aromatic amines is 1. The van der Waals surface area contributed by atoms with Crippen LogP contribution in [0.5, 0.6) is 0 Å². The summed E-state index contributed by atoms with van der Waals surface area (Å²) in [5.41, 5.74) is 4.53. The lowest BCUT2D eigenvalue weighted by Gasteiger charge is -2.37. The first kappa shape index (κ1) is 20.5. The fourth-order valence-electron chi connectivity index (χ4n) is 4.66. The number of nitrogens with zero attached hydrogens (tertiary/aromatic N) is 6. The van der Waals surface area contributed by atoms with E-state index in [0.29, 0.717) is 0 Å². The number of allylic oxidation sites excluding steroid dienone is 3. The largest absolute Gasteiger partial charge is 0.368 e. The van der Waals surface area contributed by atoms with Gasteiger partial charge in [0.05, 0.1) is 11.1 Å². The Bertz CT molecular complexity index is 1120. The van der Waals surface area contributed by atoms with Crippen molar-refractivity contribution < 1.29 is 0 Å². The van der Waals surface area contributed by atoms with Gasteiger partial charge in [-0.05, 0) is 25.0 Å². The van der Waals surface area contributed by atoms with Crippen molar-refractivity contribution in [2.24, 2.45) is 0 Å². The smallest absolute Gasteiger partial charge is 0.229 e. The van der Waals surface area contributed by atoms with E-state index in [1.165, 1.54) is 11.3 Å². The quantitative estimate of drug-likeness (QED) is 0.600. The predicted molar refractivity (Wildman–Crippen MR) is 130 cm³/mol. The van der Waals surface area contributed by atoms with E-state index >= 15 is 0 Å². The zero-order valence-corrected chi connectivity index (χ0v) is 19.0. The van der Waals surface area contributed by atoms with E-state index in [2.05, 4.69) is 87.3 Å². The zero-order chi connectivity index (χ0) is 21.9. The van der Waals surface area contributed by atoms with Crippen molar-refractivity contribution in [1.29, 1.82) is 0 Å². The van der Waals surface area contributed by atoms with Crippen molar-refractivity contribution in [3.63, 3.8) is 0 Å². The third-order valence-electron chi connectivity index (χ3n) is 6.28. The Labute approximate surface area is 189 Å². The molecule has 0 atom stereocenters. The topological polar surface area (TPSA) is 64.2 Å². The number of benzene rings is 1. The molecule has 1 N–H and O–H groups in total. The molecule has 32 heavy (non-hydrogen) atoms. The lowest BCUT2D eigenvalue weighted by Crippen LogP contribution is -2.46. The summed E-state index contributed by atoms with van der Waals surface area (Å²) in [6.07, 6.45) is 8.61. The minimum atomic E-state index is 0.778. The average Bonchev–Trinajstić information content (AvgIpc) is 3.25. The molecule has 7 heteroatoms. The van der Waals surface area contributed by atoms with E-state index < -0.39 is 0 Å². The number of hydrogen-bond donors (Lipinski definition) is 1. The minimum absolute atomic E-state index is 0.778. The summed E-state index contributed by atoms with van der Waals surface area (Å²) in [7, 11) is 0. The molecule has 7 nitrogen and oxygen atoms in total. The molecule has 1 fully saturated rings. The second-order valence-corrected chi connectivity index (χ2v) is 8.42. The highest BCUT2D eigenvalue weighted by molar-refractivity contribution is 5.91. The summed E-state index contributed by atoms with van der Waals surface area (Å²) >= 11 is 0. The molecule has 5 rings (SSSR count). The molecule has 2 aliphatic rings. The summed E-state index contributed by atoms with van der Waals surface area (Å²) in [5.74, 6) is 1.80. The van der Waals surface area contributed by atoms with E-state index in [-0.39, 0.29) is 0 Å². The van der Waals surface area contributed by atoms with Crippen molar-refractivity contribution in [1.82, 2.24) is 25.1 Å². The maximum absolute atomic E-state index is 5.08. The van der Waals surface area contributed by atoms with E-state index in [9.17, 15) is 0 Å². The summed E-state index contributed by atoms with van der Waals surface area (Å²) in [6, 6.07) is 10.6. The molecule has 166 valence electrons. The number of anilines is 2. The molecule has 0 radical (unpaired) electrons. The molecule has 0 amide bonds. The number of H-pyrrole nitrogens is 1. The van der Waals surface area contributed by atoms with Gasteiger partial charge in [-0.1, -0.05) is 49.4 Å². The number of rotatable bonds is 6. The Kier molecular flexibility index (Phi) is 5.79. The van der Waals surface area contributed by atoms with Crippen molar-refractivity contribution in [3.05, 3.63) is 65.5 Å². The van der Waals surface area contributed by atoms with E-state index in [0.717, 1.165) is 80.6 Å². The molecular weight excluding hydrogens is 398 g/mol. The Balaban J connectivity index is 1.40. The van der Waals surface area contributed by atoms with Gasteiger partial charge in [-0.2, -0.15) is 15.1 Å². The van der Waals surface area contributed by atoms with Crippen molar-refractivity contribution in [2.45, 2.75) is 33.2 Å². The first-order valence-corrected chi connectivity index (χ1v) is 11.6. The Hall–Kier alpha value is -3.35. The standard InChI is InChI=1S/C25H31N7/c1-3-8-20(9-4-2)30-14-16-31(17-15-30)25-26-23-22-21(28-29-23)12-13-32(24(22)27-25)18-19-10-6-5-7-11-19/h3,5-11H,4,12-18H2,1-2H3,(H,26,27,28,29)/b8-3-,20-9+. The van der Waals surface area contributed by atoms with Crippen molar-refractivity contribution in [3.8, 4) is 0 Å². The van der Waals surface area contributed by atoms with Gasteiger partial charge < -0.3 is 14.7 Å². The van der Waals surface area contributed by atoms with E-state index in [4.69, 9.17) is 9.97 Å². The molecule has 2 aromatic heterocycles. The van der Waals surface area contributed by atoms with Gasteiger partial charge in [-0.15, -0.1) is 0 Å². The molecule has 0 saturated carbocycles. The van der Waals surface area contributed by atoms with Crippen LogP contribution >= 0.6 is 0 Å². The molecular formula is C25H31N7. The summed E-state index contributed by atoms with van der Waals surface area (Å²) in [5, 5.41) is 8.80. The van der Waals surface area contributed by atoms with E-state index in [1.54, 1.807) is 0 Å². The number of piperazine rings is 1. The first-order chi connectivity index (χ1) is 15.8.